The van der Waals surface area contributed by atoms with Gasteiger partial charge in [0.2, 0.25) is 0 Å². The van der Waals surface area contributed by atoms with Crippen LogP contribution in [0.2, 0.25) is 0 Å². The summed E-state index contributed by atoms with van der Waals surface area (Å²) in [5.74, 6) is 5.24. The van der Waals surface area contributed by atoms with Gasteiger partial charge in [0.25, 0.3) is 0 Å². The molecular weight excluding hydrogens is 1020 g/mol. The van der Waals surface area contributed by atoms with Crippen molar-refractivity contribution in [2.75, 3.05) is 39.3 Å². The van der Waals surface area contributed by atoms with Crippen LogP contribution in [0, 0.1) is 126 Å². The van der Waals surface area contributed by atoms with Gasteiger partial charge in [0.1, 0.15) is 0 Å². The van der Waals surface area contributed by atoms with E-state index >= 15 is 0 Å². The first-order valence-corrected chi connectivity index (χ1v) is 27.6. The predicted molar refractivity (Wildman–Crippen MR) is 311 cm³/mol. The molecule has 2 aliphatic heterocycles. The van der Waals surface area contributed by atoms with Crippen LogP contribution in [0.3, 0.4) is 0 Å². The molecule has 8 heteroatoms. The molecule has 20 radical (unpaired) electrons. The zero-order valence-corrected chi connectivity index (χ0v) is 46.9. The number of nitrogens with zero attached hydrogens (tertiary/aromatic N) is 4. The summed E-state index contributed by atoms with van der Waals surface area (Å²) in [7, 11) is 0. The third kappa shape index (κ3) is 14.7. The minimum atomic E-state index is 0. The average Bonchev–Trinajstić information content (AvgIpc) is 4.25. The molecule has 0 atom stereocenters. The fraction of sp³-hybridized carbons (Fsp3) is 0.212. The largest absolute Gasteiger partial charge is 2.00 e. The third-order valence-corrected chi connectivity index (χ3v) is 15.3. The van der Waals surface area contributed by atoms with Crippen molar-refractivity contribution in [3.63, 3.8) is 0 Å². The molecule has 3 aromatic heterocycles. The zero-order chi connectivity index (χ0) is 49.5. The number of fused-ring (bicyclic) bond motifs is 8. The average molecular weight is 1090 g/mol. The first kappa shape index (κ1) is 58.5. The molecule has 5 heterocycles. The van der Waals surface area contributed by atoms with Gasteiger partial charge in [-0.2, -0.15) is 0 Å². The molecule has 74 heavy (non-hydrogen) atoms. The van der Waals surface area contributed by atoms with Gasteiger partial charge in [-0.3, -0.25) is 0 Å². The molecular formula is C66H66Fe2N4S2+4. The van der Waals surface area contributed by atoms with E-state index in [1.807, 2.05) is 86.9 Å². The van der Waals surface area contributed by atoms with Crippen LogP contribution < -0.4 is 0 Å². The second-order valence-electron chi connectivity index (χ2n) is 18.4. The molecule has 4 saturated carbocycles. The Morgan fingerprint density at radius 1 is 0.351 bits per heavy atom. The topological polar surface area (TPSA) is 32.3 Å². The molecule has 0 spiro atoms. The normalized spacial score (nSPS) is 16.8. The van der Waals surface area contributed by atoms with E-state index in [9.17, 15) is 0 Å². The van der Waals surface area contributed by atoms with Gasteiger partial charge in [-0.05, 0) is 214 Å². The summed E-state index contributed by atoms with van der Waals surface area (Å²) in [4.78, 5) is 16.5. The summed E-state index contributed by atoms with van der Waals surface area (Å²) < 4.78 is 4.80. The quantitative estimate of drug-likeness (QED) is 0.0903. The van der Waals surface area contributed by atoms with E-state index in [1.165, 1.54) is 53.6 Å². The standard InChI is InChI=1S/C56H56N4S2.2C5H5.2Fe/c1-5-33-59(34-6-2)37-41-21-15-23-43(41)55-47-27-25-45(57-47)53(39-17-11-9-12-18-39)49-29-30-50(61-49)54(40-19-13-10-14-20-40)46-26-28-48(58-46)56(52-32-31-51(55)62-52)44-24-16-22-42(44)38-60(35-7-3)36-8-4;2*1-2-4-5-3-1;;/h9-32H,5-8,33-38H2,1-4H3;2*1-5H;;/q;;;2*+2. The molecule has 4 fully saturated rings. The zero-order valence-electron chi connectivity index (χ0n) is 43.0. The van der Waals surface area contributed by atoms with Crippen LogP contribution in [-0.2, 0) is 34.1 Å². The van der Waals surface area contributed by atoms with Crippen molar-refractivity contribution in [2.24, 2.45) is 0 Å². The first-order valence-electron chi connectivity index (χ1n) is 25.9. The number of rotatable bonds is 16. The van der Waals surface area contributed by atoms with Gasteiger partial charge in [0, 0.05) is 77.8 Å². The second-order valence-corrected chi connectivity index (χ2v) is 20.6. The summed E-state index contributed by atoms with van der Waals surface area (Å²) >= 11 is 3.69. The fourth-order valence-corrected chi connectivity index (χ4v) is 12.2. The van der Waals surface area contributed by atoms with Crippen LogP contribution in [0.15, 0.2) is 84.9 Å². The van der Waals surface area contributed by atoms with E-state index in [4.69, 9.17) is 9.97 Å². The molecule has 0 unspecified atom stereocenters. The maximum Gasteiger partial charge on any atom is 2.00 e. The van der Waals surface area contributed by atoms with E-state index in [0.29, 0.717) is 0 Å². The molecule has 11 rings (SSSR count). The van der Waals surface area contributed by atoms with Crippen molar-refractivity contribution < 1.29 is 34.1 Å². The Morgan fingerprint density at radius 2 is 0.649 bits per heavy atom. The van der Waals surface area contributed by atoms with Crippen LogP contribution in [0.25, 0.3) is 65.4 Å². The number of thiophene rings is 2. The van der Waals surface area contributed by atoms with Crippen LogP contribution in [0.1, 0.15) is 87.3 Å². The smallest absolute Gasteiger partial charge is 0.303 e. The Bertz CT molecular complexity index is 2510. The summed E-state index contributed by atoms with van der Waals surface area (Å²) in [6, 6.07) is 30.8. The van der Waals surface area contributed by atoms with Crippen molar-refractivity contribution in [1.82, 2.24) is 19.8 Å². The summed E-state index contributed by atoms with van der Waals surface area (Å²) in [6.07, 6.45) is 47.3. The second kappa shape index (κ2) is 30.1. The van der Waals surface area contributed by atoms with Gasteiger partial charge in [-0.1, -0.05) is 88.4 Å². The minimum Gasteiger partial charge on any atom is -0.303 e. The molecule has 6 aliphatic rings. The van der Waals surface area contributed by atoms with Crippen LogP contribution in [0.4, 0.5) is 0 Å². The molecule has 0 amide bonds. The van der Waals surface area contributed by atoms with Crippen molar-refractivity contribution in [2.45, 2.75) is 53.4 Å². The fourth-order valence-electron chi connectivity index (χ4n) is 9.94. The SMILES string of the molecule is CCCN(CCC)C[C]1[CH][CH][CH][C]1c1c2nc(c(-c3ccccc3)c3ccc(s3)c(-c3ccccc3)c3nc(c([C]4[CH][CH][CH][C]4CN(CCC)CCC)c4ccc1s4)C=C3)C=C2.[CH]1[CH][CH][CH][CH]1.[CH]1[CH][CH][CH][CH]1.[Fe+2].[Fe+2]. The molecule has 4 nitrogen and oxygen atoms in total. The Hall–Kier alpha value is -3.16. The number of aromatic nitrogens is 2. The van der Waals surface area contributed by atoms with Gasteiger partial charge >= 0.3 is 34.1 Å². The maximum absolute atomic E-state index is 5.63. The Morgan fingerprint density at radius 3 is 0.959 bits per heavy atom. The Balaban J connectivity index is 0.000000598. The molecule has 0 saturated heterocycles. The molecule has 8 bridgehead atoms. The summed E-state index contributed by atoms with van der Waals surface area (Å²) in [5, 5.41) is 0. The molecule has 2 aromatic carbocycles. The monoisotopic (exact) mass is 1090 g/mol. The van der Waals surface area contributed by atoms with E-state index in [2.05, 4.69) is 185 Å². The predicted octanol–water partition coefficient (Wildman–Crippen LogP) is 16.0. The number of hydrogen-bond acceptors (Lipinski definition) is 6. The van der Waals surface area contributed by atoms with Crippen LogP contribution in [-0.4, -0.2) is 59.0 Å². The van der Waals surface area contributed by atoms with E-state index < -0.39 is 0 Å². The summed E-state index contributed by atoms with van der Waals surface area (Å²) in [5.41, 5.74) is 11.0. The van der Waals surface area contributed by atoms with E-state index in [0.717, 1.165) is 110 Å². The van der Waals surface area contributed by atoms with Crippen molar-refractivity contribution in [3.05, 3.63) is 245 Å². The molecule has 4 aliphatic carbocycles. The van der Waals surface area contributed by atoms with Crippen molar-refractivity contribution in [1.29, 1.82) is 0 Å². The number of hydrogen-bond donors (Lipinski definition) is 0. The van der Waals surface area contributed by atoms with Crippen LogP contribution >= 0.6 is 22.7 Å². The van der Waals surface area contributed by atoms with Gasteiger partial charge < -0.3 is 9.80 Å². The van der Waals surface area contributed by atoms with Crippen LogP contribution in [0.5, 0.6) is 0 Å². The van der Waals surface area contributed by atoms with Gasteiger partial charge in [-0.25, -0.2) is 9.97 Å². The maximum atomic E-state index is 5.63. The number of benzene rings is 2. The van der Waals surface area contributed by atoms with Gasteiger partial charge in [0.15, 0.2) is 0 Å². The molecule has 374 valence electrons. The van der Waals surface area contributed by atoms with Crippen molar-refractivity contribution >= 4 is 65.8 Å². The van der Waals surface area contributed by atoms with Gasteiger partial charge in [0.05, 0.1) is 22.8 Å². The van der Waals surface area contributed by atoms with Gasteiger partial charge in [-0.15, -0.1) is 22.7 Å². The van der Waals surface area contributed by atoms with E-state index in [-0.39, 0.29) is 34.1 Å². The third-order valence-electron chi connectivity index (χ3n) is 13.0. The summed E-state index contributed by atoms with van der Waals surface area (Å²) in [6.45, 7) is 15.3. The van der Waals surface area contributed by atoms with E-state index in [1.54, 1.807) is 0 Å². The molecule has 5 aromatic rings. The Labute approximate surface area is 476 Å². The van der Waals surface area contributed by atoms with Crippen molar-refractivity contribution in [3.8, 4) is 22.3 Å². The Kier molecular flexibility index (Phi) is 23.8. The molecule has 0 N–H and O–H groups in total. The minimum absolute atomic E-state index is 0. The first-order chi connectivity index (χ1) is 35.6.